The zero-order chi connectivity index (χ0) is 15.8. The van der Waals surface area contributed by atoms with Crippen LogP contribution in [0, 0.1) is 0 Å². The first-order valence-electron chi connectivity index (χ1n) is 8.63. The van der Waals surface area contributed by atoms with Crippen LogP contribution in [-0.2, 0) is 4.79 Å². The molecule has 3 aliphatic heterocycles. The normalized spacial score (nSPS) is 31.0. The quantitative estimate of drug-likeness (QED) is 0.833. The van der Waals surface area contributed by atoms with E-state index in [1.165, 1.54) is 12.8 Å². The first kappa shape index (κ1) is 15.3. The molecule has 0 saturated carbocycles. The molecule has 0 N–H and O–H groups in total. The Hall–Kier alpha value is -1.20. The molecular weight excluding hydrogens is 308 g/mol. The molecule has 2 saturated heterocycles. The molecule has 23 heavy (non-hydrogen) atoms. The molecule has 5 heteroatoms. The van der Waals surface area contributed by atoms with Gasteiger partial charge in [-0.15, -0.1) is 11.8 Å². The fourth-order valence-corrected chi connectivity index (χ4v) is 5.19. The summed E-state index contributed by atoms with van der Waals surface area (Å²) < 4.78 is 6.02. The summed E-state index contributed by atoms with van der Waals surface area (Å²) in [6.45, 7) is 2.05. The molecule has 1 amide bonds. The van der Waals surface area contributed by atoms with E-state index in [4.69, 9.17) is 4.74 Å². The van der Waals surface area contributed by atoms with Crippen LogP contribution in [-0.4, -0.2) is 59.8 Å². The van der Waals surface area contributed by atoms with E-state index in [1.807, 2.05) is 18.2 Å². The molecule has 0 aliphatic carbocycles. The third-order valence-corrected chi connectivity index (χ3v) is 6.51. The van der Waals surface area contributed by atoms with Crippen molar-refractivity contribution in [3.05, 3.63) is 24.3 Å². The average Bonchev–Trinajstić information content (AvgIpc) is 3.22. The van der Waals surface area contributed by atoms with E-state index in [-0.39, 0.29) is 12.0 Å². The van der Waals surface area contributed by atoms with Gasteiger partial charge < -0.3 is 14.5 Å². The monoisotopic (exact) mass is 332 g/mol. The molecule has 3 aliphatic rings. The lowest BCUT2D eigenvalue weighted by atomic mass is 10.0. The van der Waals surface area contributed by atoms with Crippen molar-refractivity contribution in [3.63, 3.8) is 0 Å². The van der Waals surface area contributed by atoms with Crippen LogP contribution in [0.15, 0.2) is 29.2 Å². The molecule has 3 heterocycles. The third-order valence-electron chi connectivity index (χ3n) is 5.39. The highest BCUT2D eigenvalue weighted by Crippen LogP contribution is 2.36. The van der Waals surface area contributed by atoms with Gasteiger partial charge in [0.25, 0.3) is 5.91 Å². The molecule has 0 aromatic heterocycles. The van der Waals surface area contributed by atoms with Gasteiger partial charge >= 0.3 is 0 Å². The van der Waals surface area contributed by atoms with E-state index in [1.54, 1.807) is 11.8 Å². The van der Waals surface area contributed by atoms with E-state index in [0.29, 0.717) is 12.1 Å². The van der Waals surface area contributed by atoms with E-state index in [0.717, 1.165) is 42.3 Å². The fourth-order valence-electron chi connectivity index (χ4n) is 4.21. The highest BCUT2D eigenvalue weighted by molar-refractivity contribution is 7.99. The lowest BCUT2D eigenvalue weighted by Gasteiger charge is -2.36. The largest absolute Gasteiger partial charge is 0.479 e. The lowest BCUT2D eigenvalue weighted by molar-refractivity contribution is -0.139. The minimum Gasteiger partial charge on any atom is -0.479 e. The highest BCUT2D eigenvalue weighted by atomic mass is 32.2. The van der Waals surface area contributed by atoms with Crippen LogP contribution in [0.5, 0.6) is 5.75 Å². The van der Waals surface area contributed by atoms with Gasteiger partial charge in [0, 0.05) is 29.3 Å². The van der Waals surface area contributed by atoms with Crippen LogP contribution in [0.25, 0.3) is 0 Å². The second-order valence-electron chi connectivity index (χ2n) is 6.80. The lowest BCUT2D eigenvalue weighted by Crippen LogP contribution is -2.52. The van der Waals surface area contributed by atoms with Crippen LogP contribution in [0.1, 0.15) is 25.7 Å². The highest BCUT2D eigenvalue weighted by Gasteiger charge is 2.41. The predicted octanol–water partition coefficient (Wildman–Crippen LogP) is 2.62. The van der Waals surface area contributed by atoms with Gasteiger partial charge in [-0.05, 0) is 51.4 Å². The summed E-state index contributed by atoms with van der Waals surface area (Å²) in [6.07, 6.45) is 4.40. The molecule has 0 unspecified atom stereocenters. The number of hydrogen-bond acceptors (Lipinski definition) is 4. The number of hydrogen-bond donors (Lipinski definition) is 0. The van der Waals surface area contributed by atoms with Crippen molar-refractivity contribution >= 4 is 17.7 Å². The summed E-state index contributed by atoms with van der Waals surface area (Å²) in [4.78, 5) is 18.7. The molecule has 0 radical (unpaired) electrons. The molecule has 1 aromatic carbocycles. The Morgan fingerprint density at radius 3 is 2.78 bits per heavy atom. The molecule has 4 rings (SSSR count). The third kappa shape index (κ3) is 2.85. The van der Waals surface area contributed by atoms with Crippen molar-refractivity contribution < 1.29 is 9.53 Å². The van der Waals surface area contributed by atoms with Gasteiger partial charge in [-0.25, -0.2) is 0 Å². The van der Waals surface area contributed by atoms with Crippen LogP contribution < -0.4 is 4.74 Å². The number of fused-ring (bicyclic) bond motifs is 1. The standard InChI is InChI=1S/C18H24N2O2S/c1-19-10-4-6-13(19)14-7-5-11-20(14)18(21)16-12-23-17-9-3-2-8-15(17)22-16/h2-3,8-9,13-14,16H,4-7,10-12H2,1H3/t13-,14-,16-/m1/s1. The maximum absolute atomic E-state index is 13.1. The number of benzene rings is 1. The van der Waals surface area contributed by atoms with Gasteiger partial charge in [0.1, 0.15) is 5.75 Å². The van der Waals surface area contributed by atoms with Crippen molar-refractivity contribution in [1.82, 2.24) is 9.80 Å². The molecule has 2 fully saturated rings. The Bertz CT molecular complexity index is 594. The van der Waals surface area contributed by atoms with E-state index < -0.39 is 0 Å². The first-order valence-corrected chi connectivity index (χ1v) is 9.62. The van der Waals surface area contributed by atoms with Gasteiger partial charge in [0.05, 0.1) is 0 Å². The van der Waals surface area contributed by atoms with Crippen molar-refractivity contribution in [2.75, 3.05) is 25.9 Å². The number of likely N-dealkylation sites (tertiary alicyclic amines) is 2. The Morgan fingerprint density at radius 1 is 1.17 bits per heavy atom. The number of likely N-dealkylation sites (N-methyl/N-ethyl adjacent to an activating group) is 1. The van der Waals surface area contributed by atoms with Gasteiger partial charge in [-0.2, -0.15) is 0 Å². The summed E-state index contributed by atoms with van der Waals surface area (Å²) in [7, 11) is 2.20. The van der Waals surface area contributed by atoms with Gasteiger partial charge in [0.15, 0.2) is 6.10 Å². The second-order valence-corrected chi connectivity index (χ2v) is 7.86. The molecule has 1 aromatic rings. The average molecular weight is 332 g/mol. The first-order chi connectivity index (χ1) is 11.2. The number of rotatable bonds is 2. The molecule has 0 bridgehead atoms. The van der Waals surface area contributed by atoms with Crippen molar-refractivity contribution in [2.24, 2.45) is 0 Å². The second kappa shape index (κ2) is 6.36. The minimum atomic E-state index is -0.331. The van der Waals surface area contributed by atoms with E-state index in [2.05, 4.69) is 22.9 Å². The summed E-state index contributed by atoms with van der Waals surface area (Å²) in [5, 5.41) is 0. The molecular formula is C18H24N2O2S. The van der Waals surface area contributed by atoms with Crippen LogP contribution in [0.4, 0.5) is 0 Å². The minimum absolute atomic E-state index is 0.190. The van der Waals surface area contributed by atoms with E-state index in [9.17, 15) is 4.79 Å². The Kier molecular flexibility index (Phi) is 4.24. The maximum Gasteiger partial charge on any atom is 0.264 e. The molecule has 3 atom stereocenters. The van der Waals surface area contributed by atoms with Crippen molar-refractivity contribution in [3.8, 4) is 5.75 Å². The van der Waals surface area contributed by atoms with Crippen LogP contribution in [0.2, 0.25) is 0 Å². The van der Waals surface area contributed by atoms with Crippen LogP contribution in [0.3, 0.4) is 0 Å². The van der Waals surface area contributed by atoms with Crippen molar-refractivity contribution in [1.29, 1.82) is 0 Å². The summed E-state index contributed by atoms with van der Waals surface area (Å²) in [5.41, 5.74) is 0. The number of carbonyl (C=O) groups is 1. The number of amides is 1. The smallest absolute Gasteiger partial charge is 0.264 e. The number of nitrogens with zero attached hydrogens (tertiary/aromatic N) is 2. The fraction of sp³-hybridized carbons (Fsp3) is 0.611. The molecule has 124 valence electrons. The maximum atomic E-state index is 13.1. The van der Waals surface area contributed by atoms with Crippen molar-refractivity contribution in [2.45, 2.75) is 48.8 Å². The summed E-state index contributed by atoms with van der Waals surface area (Å²) in [5.74, 6) is 1.77. The van der Waals surface area contributed by atoms with Crippen LogP contribution >= 0.6 is 11.8 Å². The predicted molar refractivity (Wildman–Crippen MR) is 92.0 cm³/mol. The van der Waals surface area contributed by atoms with Gasteiger partial charge in [0.2, 0.25) is 0 Å². The van der Waals surface area contributed by atoms with Gasteiger partial charge in [-0.1, -0.05) is 12.1 Å². The number of para-hydroxylation sites is 1. The van der Waals surface area contributed by atoms with Gasteiger partial charge in [-0.3, -0.25) is 4.79 Å². The Morgan fingerprint density at radius 2 is 1.96 bits per heavy atom. The zero-order valence-corrected chi connectivity index (χ0v) is 14.4. The summed E-state index contributed by atoms with van der Waals surface area (Å²) >= 11 is 1.74. The zero-order valence-electron chi connectivity index (χ0n) is 13.6. The SMILES string of the molecule is CN1CCC[C@@H]1[C@H]1CCCN1C(=O)[C@H]1CSc2ccccc2O1. The number of carbonyl (C=O) groups excluding carboxylic acids is 1. The summed E-state index contributed by atoms with van der Waals surface area (Å²) in [6, 6.07) is 8.92. The topological polar surface area (TPSA) is 32.8 Å². The number of thioether (sulfide) groups is 1. The number of ether oxygens (including phenoxy) is 1. The Labute approximate surface area is 142 Å². The Balaban J connectivity index is 1.48. The van der Waals surface area contributed by atoms with E-state index >= 15 is 0 Å². The molecule has 0 spiro atoms. The molecule has 4 nitrogen and oxygen atoms in total.